The Morgan fingerprint density at radius 1 is 0.778 bits per heavy atom. The van der Waals surface area contributed by atoms with Gasteiger partial charge in [-0.05, 0) is 42.0 Å². The molecule has 3 aromatic rings. The largest absolute Gasteiger partial charge is 0.496 e. The molecule has 3 rings (SSSR count). The number of carbonyl (C=O) groups excluding carboxylic acids is 1. The molecule has 0 N–H and O–H groups in total. The van der Waals surface area contributed by atoms with Crippen LogP contribution in [0.15, 0.2) is 72.8 Å². The second-order valence-corrected chi connectivity index (χ2v) is 5.68. The number of hydrogen-bond donors (Lipinski definition) is 0. The van der Waals surface area contributed by atoms with Gasteiger partial charge >= 0.3 is 5.97 Å². The first-order valence-electron chi connectivity index (χ1n) is 8.41. The molecule has 0 spiro atoms. The monoisotopic (exact) mass is 364 g/mol. The maximum Gasteiger partial charge on any atom is 0.346 e. The van der Waals surface area contributed by atoms with Crippen molar-refractivity contribution < 1.29 is 23.7 Å². The molecule has 0 amide bonds. The van der Waals surface area contributed by atoms with E-state index in [0.29, 0.717) is 17.2 Å². The van der Waals surface area contributed by atoms with Crippen LogP contribution in [0.4, 0.5) is 0 Å². The smallest absolute Gasteiger partial charge is 0.346 e. The molecular weight excluding hydrogens is 344 g/mol. The van der Waals surface area contributed by atoms with Gasteiger partial charge in [0.2, 0.25) is 0 Å². The van der Waals surface area contributed by atoms with Gasteiger partial charge in [-0.1, -0.05) is 36.4 Å². The molecule has 0 atom stereocenters. The maximum atomic E-state index is 12.5. The normalized spacial score (nSPS) is 10.1. The Kier molecular flexibility index (Phi) is 5.94. The van der Waals surface area contributed by atoms with E-state index >= 15 is 0 Å². The number of methoxy groups -OCH3 is 2. The zero-order valence-corrected chi connectivity index (χ0v) is 15.2. The molecule has 0 saturated heterocycles. The van der Waals surface area contributed by atoms with E-state index in [-0.39, 0.29) is 12.2 Å². The van der Waals surface area contributed by atoms with Gasteiger partial charge in [-0.25, -0.2) is 4.79 Å². The van der Waals surface area contributed by atoms with E-state index in [0.717, 1.165) is 11.3 Å². The van der Waals surface area contributed by atoms with Gasteiger partial charge in [0.1, 0.15) is 35.2 Å². The quantitative estimate of drug-likeness (QED) is 0.561. The summed E-state index contributed by atoms with van der Waals surface area (Å²) in [5.74, 6) is 1.70. The molecule has 0 aliphatic carbocycles. The highest BCUT2D eigenvalue weighted by molar-refractivity contribution is 5.95. The number of carbonyl (C=O) groups is 1. The van der Waals surface area contributed by atoms with Crippen LogP contribution in [-0.2, 0) is 11.3 Å². The van der Waals surface area contributed by atoms with Crippen molar-refractivity contribution in [2.45, 2.75) is 6.61 Å². The first-order chi connectivity index (χ1) is 13.2. The predicted octanol–water partition coefficient (Wildman–Crippen LogP) is 4.85. The lowest BCUT2D eigenvalue weighted by atomic mass is 10.1. The van der Waals surface area contributed by atoms with Gasteiger partial charge in [-0.15, -0.1) is 0 Å². The lowest BCUT2D eigenvalue weighted by molar-refractivity contribution is 0.0465. The van der Waals surface area contributed by atoms with Crippen LogP contribution >= 0.6 is 0 Å². The molecule has 27 heavy (non-hydrogen) atoms. The summed E-state index contributed by atoms with van der Waals surface area (Å²) >= 11 is 0. The number of rotatable bonds is 7. The van der Waals surface area contributed by atoms with Crippen LogP contribution in [0.1, 0.15) is 15.9 Å². The topological polar surface area (TPSA) is 54.0 Å². The Hall–Kier alpha value is -3.47. The van der Waals surface area contributed by atoms with Gasteiger partial charge in [-0.3, -0.25) is 0 Å². The van der Waals surface area contributed by atoms with E-state index < -0.39 is 5.97 Å². The first-order valence-corrected chi connectivity index (χ1v) is 8.41. The highest BCUT2D eigenvalue weighted by Gasteiger charge is 2.19. The third kappa shape index (κ3) is 4.58. The Labute approximate surface area is 158 Å². The van der Waals surface area contributed by atoms with Crippen molar-refractivity contribution in [3.8, 4) is 23.0 Å². The van der Waals surface area contributed by atoms with Crippen LogP contribution < -0.4 is 14.2 Å². The average molecular weight is 364 g/mol. The molecule has 0 bridgehead atoms. The molecule has 0 aromatic heterocycles. The van der Waals surface area contributed by atoms with Gasteiger partial charge in [0.25, 0.3) is 0 Å². The molecule has 0 fully saturated rings. The Balaban J connectivity index is 1.70. The third-order valence-corrected chi connectivity index (χ3v) is 3.88. The minimum absolute atomic E-state index is 0.103. The molecule has 138 valence electrons. The van der Waals surface area contributed by atoms with Crippen LogP contribution in [0.25, 0.3) is 0 Å². The fourth-order valence-electron chi connectivity index (χ4n) is 2.60. The van der Waals surface area contributed by atoms with Crippen LogP contribution in [0.3, 0.4) is 0 Å². The van der Waals surface area contributed by atoms with Gasteiger partial charge in [0.15, 0.2) is 0 Å². The molecule has 0 saturated carbocycles. The summed E-state index contributed by atoms with van der Waals surface area (Å²) in [5.41, 5.74) is 1.07. The molecule has 0 radical (unpaired) electrons. The molecule has 0 aliphatic rings. The molecule has 0 unspecified atom stereocenters. The van der Waals surface area contributed by atoms with E-state index in [4.69, 9.17) is 18.9 Å². The molecule has 0 heterocycles. The van der Waals surface area contributed by atoms with Gasteiger partial charge in [0.05, 0.1) is 14.2 Å². The minimum atomic E-state index is -0.515. The van der Waals surface area contributed by atoms with E-state index in [9.17, 15) is 4.79 Å². The Bertz CT molecular complexity index is 883. The van der Waals surface area contributed by atoms with E-state index in [1.807, 2.05) is 54.6 Å². The average Bonchev–Trinajstić information content (AvgIpc) is 2.72. The van der Waals surface area contributed by atoms with Crippen molar-refractivity contribution in [3.63, 3.8) is 0 Å². The summed E-state index contributed by atoms with van der Waals surface area (Å²) in [6.07, 6.45) is 0. The highest BCUT2D eigenvalue weighted by Crippen LogP contribution is 2.29. The fraction of sp³-hybridized carbons (Fsp3) is 0.136. The summed E-state index contributed by atoms with van der Waals surface area (Å²) in [7, 11) is 2.99. The van der Waals surface area contributed by atoms with E-state index in [1.165, 1.54) is 14.2 Å². The number of esters is 1. The number of para-hydroxylation sites is 1. The second kappa shape index (κ2) is 8.76. The first kappa shape index (κ1) is 18.3. The summed E-state index contributed by atoms with van der Waals surface area (Å²) < 4.78 is 21.7. The van der Waals surface area contributed by atoms with Crippen LogP contribution in [-0.4, -0.2) is 20.2 Å². The molecular formula is C22H20O5. The second-order valence-electron chi connectivity index (χ2n) is 5.68. The SMILES string of the molecule is COc1cccc(OC)c1C(=O)OCc1cccc(Oc2ccccc2)c1. The lowest BCUT2D eigenvalue weighted by Gasteiger charge is -2.13. The highest BCUT2D eigenvalue weighted by atomic mass is 16.5. The minimum Gasteiger partial charge on any atom is -0.496 e. The lowest BCUT2D eigenvalue weighted by Crippen LogP contribution is -2.09. The molecule has 5 nitrogen and oxygen atoms in total. The van der Waals surface area contributed by atoms with Gasteiger partial charge in [-0.2, -0.15) is 0 Å². The van der Waals surface area contributed by atoms with Crippen molar-refractivity contribution in [1.82, 2.24) is 0 Å². The van der Waals surface area contributed by atoms with Gasteiger partial charge in [0, 0.05) is 0 Å². The summed E-state index contributed by atoms with van der Waals surface area (Å²) in [6.45, 7) is 0.103. The molecule has 5 heteroatoms. The molecule has 0 aliphatic heterocycles. The number of hydrogen-bond acceptors (Lipinski definition) is 5. The zero-order valence-electron chi connectivity index (χ0n) is 15.2. The van der Waals surface area contributed by atoms with Crippen molar-refractivity contribution in [1.29, 1.82) is 0 Å². The maximum absolute atomic E-state index is 12.5. The summed E-state index contributed by atoms with van der Waals surface area (Å²) in [4.78, 5) is 12.5. The summed E-state index contributed by atoms with van der Waals surface area (Å²) in [5, 5.41) is 0. The van der Waals surface area contributed by atoms with E-state index in [1.54, 1.807) is 18.2 Å². The van der Waals surface area contributed by atoms with Crippen LogP contribution in [0.2, 0.25) is 0 Å². The van der Waals surface area contributed by atoms with Gasteiger partial charge < -0.3 is 18.9 Å². The fourth-order valence-corrected chi connectivity index (χ4v) is 2.60. The van der Waals surface area contributed by atoms with Crippen molar-refractivity contribution in [2.75, 3.05) is 14.2 Å². The standard InChI is InChI=1S/C22H20O5/c1-24-19-12-7-13-20(25-2)21(19)22(23)26-15-16-8-6-11-18(14-16)27-17-9-4-3-5-10-17/h3-14H,15H2,1-2H3. The number of benzene rings is 3. The Morgan fingerprint density at radius 3 is 2.07 bits per heavy atom. The predicted molar refractivity (Wildman–Crippen MR) is 102 cm³/mol. The van der Waals surface area contributed by atoms with Crippen LogP contribution in [0, 0.1) is 0 Å². The van der Waals surface area contributed by atoms with Crippen molar-refractivity contribution >= 4 is 5.97 Å². The Morgan fingerprint density at radius 2 is 1.41 bits per heavy atom. The van der Waals surface area contributed by atoms with Crippen molar-refractivity contribution in [2.24, 2.45) is 0 Å². The molecule has 3 aromatic carbocycles. The zero-order chi connectivity index (χ0) is 19.1. The van der Waals surface area contributed by atoms with E-state index in [2.05, 4.69) is 0 Å². The summed E-state index contributed by atoms with van der Waals surface area (Å²) in [6, 6.07) is 22.0. The van der Waals surface area contributed by atoms with Crippen LogP contribution in [0.5, 0.6) is 23.0 Å². The number of ether oxygens (including phenoxy) is 4. The van der Waals surface area contributed by atoms with Crippen molar-refractivity contribution in [3.05, 3.63) is 83.9 Å². The third-order valence-electron chi connectivity index (χ3n) is 3.88.